The number of aryl methyl sites for hydroxylation is 2. The number of primary amides is 1. The van der Waals surface area contributed by atoms with E-state index in [0.717, 1.165) is 9.87 Å². The quantitative estimate of drug-likeness (QED) is 0.847. The molecule has 0 saturated carbocycles. The van der Waals surface area contributed by atoms with Gasteiger partial charge in [-0.1, -0.05) is 17.7 Å². The molecule has 1 aromatic carbocycles. The van der Waals surface area contributed by atoms with E-state index in [-0.39, 0.29) is 11.4 Å². The van der Waals surface area contributed by atoms with Crippen molar-refractivity contribution in [1.82, 2.24) is 4.31 Å². The summed E-state index contributed by atoms with van der Waals surface area (Å²) in [7, 11) is -2.32. The Morgan fingerprint density at radius 2 is 1.94 bits per heavy atom. The maximum atomic E-state index is 12.1. The van der Waals surface area contributed by atoms with Gasteiger partial charge in [0, 0.05) is 7.05 Å². The second-order valence-corrected chi connectivity index (χ2v) is 6.01. The van der Waals surface area contributed by atoms with Crippen LogP contribution in [0.15, 0.2) is 23.1 Å². The summed E-state index contributed by atoms with van der Waals surface area (Å²) in [4.78, 5) is 10.9. The molecule has 0 aliphatic rings. The first-order valence-corrected chi connectivity index (χ1v) is 6.51. The molecule has 0 aliphatic heterocycles. The van der Waals surface area contributed by atoms with Crippen molar-refractivity contribution in [2.75, 3.05) is 13.6 Å². The topological polar surface area (TPSA) is 80.5 Å². The molecule has 94 valence electrons. The van der Waals surface area contributed by atoms with E-state index < -0.39 is 15.9 Å². The van der Waals surface area contributed by atoms with E-state index in [2.05, 4.69) is 0 Å². The number of carbonyl (C=O) groups is 1. The molecule has 1 rings (SSSR count). The fraction of sp³-hybridized carbons (Fsp3) is 0.364. The van der Waals surface area contributed by atoms with Gasteiger partial charge in [0.1, 0.15) is 0 Å². The zero-order valence-corrected chi connectivity index (χ0v) is 10.9. The lowest BCUT2D eigenvalue weighted by molar-refractivity contribution is -0.118. The summed E-state index contributed by atoms with van der Waals surface area (Å²) < 4.78 is 25.2. The molecule has 0 aromatic heterocycles. The van der Waals surface area contributed by atoms with Crippen LogP contribution in [-0.4, -0.2) is 32.2 Å². The molecule has 0 fully saturated rings. The molecule has 5 nitrogen and oxygen atoms in total. The van der Waals surface area contributed by atoms with E-state index in [1.807, 2.05) is 6.92 Å². The molecule has 17 heavy (non-hydrogen) atoms. The van der Waals surface area contributed by atoms with Crippen molar-refractivity contribution < 1.29 is 13.2 Å². The number of nitrogens with two attached hydrogens (primary N) is 1. The van der Waals surface area contributed by atoms with Crippen molar-refractivity contribution in [1.29, 1.82) is 0 Å². The Morgan fingerprint density at radius 1 is 1.35 bits per heavy atom. The van der Waals surface area contributed by atoms with E-state index in [1.165, 1.54) is 13.1 Å². The van der Waals surface area contributed by atoms with Crippen LogP contribution in [0.5, 0.6) is 0 Å². The minimum atomic E-state index is -3.65. The van der Waals surface area contributed by atoms with Crippen molar-refractivity contribution >= 4 is 15.9 Å². The summed E-state index contributed by atoms with van der Waals surface area (Å²) in [5, 5.41) is 0. The first-order chi connectivity index (χ1) is 7.75. The molecule has 1 amide bonds. The summed E-state index contributed by atoms with van der Waals surface area (Å²) in [6.07, 6.45) is 0. The van der Waals surface area contributed by atoms with Crippen molar-refractivity contribution in [3.8, 4) is 0 Å². The van der Waals surface area contributed by atoms with Gasteiger partial charge in [-0.15, -0.1) is 0 Å². The van der Waals surface area contributed by atoms with Gasteiger partial charge in [0.15, 0.2) is 0 Å². The number of carbonyl (C=O) groups excluding carboxylic acids is 1. The number of nitrogens with zero attached hydrogens (tertiary/aromatic N) is 1. The Labute approximate surface area is 101 Å². The van der Waals surface area contributed by atoms with Crippen LogP contribution < -0.4 is 5.73 Å². The van der Waals surface area contributed by atoms with E-state index in [4.69, 9.17) is 5.73 Å². The maximum absolute atomic E-state index is 12.1. The molecule has 6 heteroatoms. The van der Waals surface area contributed by atoms with Crippen LogP contribution in [0.4, 0.5) is 0 Å². The number of hydrogen-bond donors (Lipinski definition) is 1. The Hall–Kier alpha value is -1.40. The third kappa shape index (κ3) is 3.04. The molecule has 0 radical (unpaired) electrons. The molecule has 1 aromatic rings. The van der Waals surface area contributed by atoms with Crippen LogP contribution in [0.25, 0.3) is 0 Å². The second-order valence-electron chi connectivity index (χ2n) is 4.00. The normalized spacial score (nSPS) is 11.8. The number of hydrogen-bond acceptors (Lipinski definition) is 3. The summed E-state index contributed by atoms with van der Waals surface area (Å²) in [5.74, 6) is -0.680. The second kappa shape index (κ2) is 4.85. The van der Waals surface area contributed by atoms with Gasteiger partial charge in [-0.05, 0) is 25.5 Å². The Morgan fingerprint density at radius 3 is 2.41 bits per heavy atom. The highest BCUT2D eigenvalue weighted by molar-refractivity contribution is 7.89. The predicted octanol–water partition coefficient (Wildman–Crippen LogP) is 0.409. The van der Waals surface area contributed by atoms with Gasteiger partial charge >= 0.3 is 0 Å². The largest absolute Gasteiger partial charge is 0.369 e. The van der Waals surface area contributed by atoms with Crippen molar-refractivity contribution in [2.24, 2.45) is 5.73 Å². The number of rotatable bonds is 4. The van der Waals surface area contributed by atoms with Gasteiger partial charge in [-0.2, -0.15) is 4.31 Å². The van der Waals surface area contributed by atoms with Gasteiger partial charge in [0.25, 0.3) is 0 Å². The molecular weight excluding hydrogens is 240 g/mol. The van der Waals surface area contributed by atoms with Crippen molar-refractivity contribution in [3.05, 3.63) is 29.3 Å². The van der Waals surface area contributed by atoms with Crippen LogP contribution in [0.2, 0.25) is 0 Å². The molecule has 2 N–H and O–H groups in total. The minimum Gasteiger partial charge on any atom is -0.369 e. The van der Waals surface area contributed by atoms with Crippen LogP contribution >= 0.6 is 0 Å². The van der Waals surface area contributed by atoms with Crippen molar-refractivity contribution in [2.45, 2.75) is 18.7 Å². The summed E-state index contributed by atoms with van der Waals surface area (Å²) >= 11 is 0. The highest BCUT2D eigenvalue weighted by atomic mass is 32.2. The van der Waals surface area contributed by atoms with Crippen molar-refractivity contribution in [3.63, 3.8) is 0 Å². The fourth-order valence-electron chi connectivity index (χ4n) is 1.56. The average molecular weight is 256 g/mol. The Kier molecular flexibility index (Phi) is 3.90. The van der Waals surface area contributed by atoms with Gasteiger partial charge in [0.05, 0.1) is 11.4 Å². The third-order valence-electron chi connectivity index (χ3n) is 2.40. The first-order valence-electron chi connectivity index (χ1n) is 5.07. The van der Waals surface area contributed by atoms with E-state index in [1.54, 1.807) is 19.1 Å². The van der Waals surface area contributed by atoms with Gasteiger partial charge in [-0.3, -0.25) is 4.79 Å². The molecule has 0 spiro atoms. The summed E-state index contributed by atoms with van der Waals surface area (Å²) in [6, 6.07) is 5.04. The Bertz CT molecular complexity index is 538. The zero-order chi connectivity index (χ0) is 13.2. The Balaban J connectivity index is 3.17. The highest BCUT2D eigenvalue weighted by Crippen LogP contribution is 2.19. The molecule has 0 bridgehead atoms. The van der Waals surface area contributed by atoms with Gasteiger partial charge in [-0.25, -0.2) is 8.42 Å². The SMILES string of the molecule is Cc1ccc(S(=O)(=O)N(C)CC(N)=O)c(C)c1. The van der Waals surface area contributed by atoms with Crippen LogP contribution in [0, 0.1) is 13.8 Å². The molecule has 0 saturated heterocycles. The standard InChI is InChI=1S/C11H16N2O3S/c1-8-4-5-10(9(2)6-8)17(15,16)13(3)7-11(12)14/h4-6H,7H2,1-3H3,(H2,12,14). The number of sulfonamides is 1. The minimum absolute atomic E-state index is 0.201. The summed E-state index contributed by atoms with van der Waals surface area (Å²) in [5.41, 5.74) is 6.62. The molecule has 0 aliphatic carbocycles. The first kappa shape index (κ1) is 13.7. The van der Waals surface area contributed by atoms with E-state index in [0.29, 0.717) is 5.56 Å². The lowest BCUT2D eigenvalue weighted by atomic mass is 10.2. The smallest absolute Gasteiger partial charge is 0.243 e. The molecular formula is C11H16N2O3S. The van der Waals surface area contributed by atoms with E-state index >= 15 is 0 Å². The number of amides is 1. The highest BCUT2D eigenvalue weighted by Gasteiger charge is 2.23. The number of benzene rings is 1. The zero-order valence-electron chi connectivity index (χ0n) is 10.1. The van der Waals surface area contributed by atoms with Crippen LogP contribution in [0.3, 0.4) is 0 Å². The average Bonchev–Trinajstić information content (AvgIpc) is 2.15. The summed E-state index contributed by atoms with van der Waals surface area (Å²) in [6.45, 7) is 3.28. The lowest BCUT2D eigenvalue weighted by Gasteiger charge is -2.17. The molecule has 0 unspecified atom stereocenters. The van der Waals surface area contributed by atoms with Gasteiger partial charge < -0.3 is 5.73 Å². The lowest BCUT2D eigenvalue weighted by Crippen LogP contribution is -2.35. The number of likely N-dealkylation sites (N-methyl/N-ethyl adjacent to an activating group) is 1. The predicted molar refractivity (Wildman–Crippen MR) is 64.9 cm³/mol. The van der Waals surface area contributed by atoms with E-state index in [9.17, 15) is 13.2 Å². The van der Waals surface area contributed by atoms with Crippen LogP contribution in [0.1, 0.15) is 11.1 Å². The van der Waals surface area contributed by atoms with Crippen LogP contribution in [-0.2, 0) is 14.8 Å². The molecule has 0 atom stereocenters. The maximum Gasteiger partial charge on any atom is 0.243 e. The van der Waals surface area contributed by atoms with Gasteiger partial charge in [0.2, 0.25) is 15.9 Å². The third-order valence-corrected chi connectivity index (χ3v) is 4.36. The molecule has 0 heterocycles. The monoisotopic (exact) mass is 256 g/mol. The fourth-order valence-corrected chi connectivity index (χ4v) is 2.90.